The molecular weight excluding hydrogens is 520 g/mol. The molecule has 2 aliphatic rings. The van der Waals surface area contributed by atoms with Crippen molar-refractivity contribution in [1.29, 1.82) is 0 Å². The van der Waals surface area contributed by atoms with Gasteiger partial charge in [-0.3, -0.25) is 4.79 Å². The third kappa shape index (κ3) is 4.39. The summed E-state index contributed by atoms with van der Waals surface area (Å²) in [7, 11) is 1.67. The molecule has 0 atom stereocenters. The van der Waals surface area contributed by atoms with E-state index in [2.05, 4.69) is 32.3 Å². The van der Waals surface area contributed by atoms with Gasteiger partial charge in [-0.2, -0.15) is 5.10 Å². The SMILES string of the molecule is COc1cc2c(cc1-c1c(C)noc1C)[nH]c1nc(C)nc(Nc3cc(C4CC4)nn3C3CCN(C(C)=O)CC3)c12. The Kier molecular flexibility index (Phi) is 5.98. The lowest BCUT2D eigenvalue weighted by Gasteiger charge is -2.32. The van der Waals surface area contributed by atoms with Gasteiger partial charge >= 0.3 is 0 Å². The second-order valence-electron chi connectivity index (χ2n) is 11.3. The van der Waals surface area contributed by atoms with Crippen LogP contribution < -0.4 is 10.1 Å². The first-order chi connectivity index (χ1) is 19.8. The van der Waals surface area contributed by atoms with E-state index in [0.717, 1.165) is 93.5 Å². The van der Waals surface area contributed by atoms with Gasteiger partial charge in [0.15, 0.2) is 0 Å². The zero-order chi connectivity index (χ0) is 28.4. The minimum Gasteiger partial charge on any atom is -0.496 e. The van der Waals surface area contributed by atoms with Crippen LogP contribution in [0.1, 0.15) is 67.5 Å². The molecule has 1 aliphatic carbocycles. The molecular formula is C30H34N8O3. The number of methoxy groups -OCH3 is 1. The van der Waals surface area contributed by atoms with E-state index in [9.17, 15) is 4.79 Å². The normalized spacial score (nSPS) is 16.2. The number of nitrogens with zero attached hydrogens (tertiary/aromatic N) is 6. The van der Waals surface area contributed by atoms with E-state index in [-0.39, 0.29) is 11.9 Å². The van der Waals surface area contributed by atoms with E-state index in [4.69, 9.17) is 24.3 Å². The minimum absolute atomic E-state index is 0.132. The topological polar surface area (TPSA) is 127 Å². The maximum Gasteiger partial charge on any atom is 0.219 e. The van der Waals surface area contributed by atoms with Gasteiger partial charge < -0.3 is 24.5 Å². The molecule has 7 rings (SSSR count). The van der Waals surface area contributed by atoms with Crippen molar-refractivity contribution >= 4 is 39.5 Å². The number of aromatic nitrogens is 6. The Morgan fingerprint density at radius 3 is 2.54 bits per heavy atom. The summed E-state index contributed by atoms with van der Waals surface area (Å²) in [6.45, 7) is 8.86. The average molecular weight is 555 g/mol. The number of H-pyrrole nitrogens is 1. The van der Waals surface area contributed by atoms with Crippen LogP contribution in [0.4, 0.5) is 11.6 Å². The summed E-state index contributed by atoms with van der Waals surface area (Å²) in [5.41, 5.74) is 5.43. The van der Waals surface area contributed by atoms with Gasteiger partial charge in [-0.15, -0.1) is 0 Å². The van der Waals surface area contributed by atoms with Crippen molar-refractivity contribution in [1.82, 2.24) is 34.8 Å². The predicted octanol–water partition coefficient (Wildman–Crippen LogP) is 5.70. The highest BCUT2D eigenvalue weighted by atomic mass is 16.5. The number of ether oxygens (including phenoxy) is 1. The summed E-state index contributed by atoms with van der Waals surface area (Å²) < 4.78 is 13.4. The van der Waals surface area contributed by atoms with Gasteiger partial charge in [-0.05, 0) is 58.6 Å². The number of amides is 1. The number of rotatable bonds is 6. The largest absolute Gasteiger partial charge is 0.496 e. The minimum atomic E-state index is 0.132. The number of hydrogen-bond acceptors (Lipinski definition) is 8. The fraction of sp³-hybridized carbons (Fsp3) is 0.433. The number of hydrogen-bond donors (Lipinski definition) is 2. The molecule has 4 aromatic heterocycles. The summed E-state index contributed by atoms with van der Waals surface area (Å²) in [5.74, 6) is 4.40. The zero-order valence-corrected chi connectivity index (χ0v) is 24.0. The number of carbonyl (C=O) groups excluding carboxylic acids is 1. The second kappa shape index (κ2) is 9.60. The lowest BCUT2D eigenvalue weighted by molar-refractivity contribution is -0.130. The lowest BCUT2D eigenvalue weighted by atomic mass is 10.0. The molecule has 1 aromatic carbocycles. The predicted molar refractivity (Wildman–Crippen MR) is 156 cm³/mol. The molecule has 11 nitrogen and oxygen atoms in total. The molecule has 11 heteroatoms. The van der Waals surface area contributed by atoms with Crippen LogP contribution in [0.5, 0.6) is 5.75 Å². The first-order valence-corrected chi connectivity index (χ1v) is 14.2. The Bertz CT molecular complexity index is 1780. The first kappa shape index (κ1) is 25.6. The van der Waals surface area contributed by atoms with Crippen LogP contribution in [-0.2, 0) is 4.79 Å². The molecule has 1 saturated carbocycles. The number of anilines is 2. The highest BCUT2D eigenvalue weighted by Gasteiger charge is 2.31. The summed E-state index contributed by atoms with van der Waals surface area (Å²) >= 11 is 0. The fourth-order valence-corrected chi connectivity index (χ4v) is 6.17. The Hall–Kier alpha value is -4.41. The molecule has 2 fully saturated rings. The quantitative estimate of drug-likeness (QED) is 0.274. The van der Waals surface area contributed by atoms with E-state index in [1.165, 1.54) is 12.8 Å². The number of piperidine rings is 1. The Morgan fingerprint density at radius 2 is 1.88 bits per heavy atom. The summed E-state index contributed by atoms with van der Waals surface area (Å²) in [5, 5.41) is 14.7. The molecule has 1 aliphatic heterocycles. The smallest absolute Gasteiger partial charge is 0.219 e. The Morgan fingerprint density at radius 1 is 1.10 bits per heavy atom. The van der Waals surface area contributed by atoms with Gasteiger partial charge in [0, 0.05) is 48.5 Å². The third-order valence-electron chi connectivity index (χ3n) is 8.44. The fourth-order valence-electron chi connectivity index (χ4n) is 6.17. The van der Waals surface area contributed by atoms with Crippen LogP contribution >= 0.6 is 0 Å². The van der Waals surface area contributed by atoms with Crippen molar-refractivity contribution < 1.29 is 14.1 Å². The molecule has 1 saturated heterocycles. The van der Waals surface area contributed by atoms with Gasteiger partial charge in [-0.25, -0.2) is 14.6 Å². The van der Waals surface area contributed by atoms with Crippen LogP contribution in [0, 0.1) is 20.8 Å². The Labute approximate surface area is 237 Å². The number of carbonyl (C=O) groups is 1. The van der Waals surface area contributed by atoms with Crippen LogP contribution in [0.3, 0.4) is 0 Å². The molecule has 0 bridgehead atoms. The van der Waals surface area contributed by atoms with Crippen molar-refractivity contribution in [3.05, 3.63) is 41.2 Å². The average Bonchev–Trinajstić information content (AvgIpc) is 3.50. The Balaban J connectivity index is 1.33. The summed E-state index contributed by atoms with van der Waals surface area (Å²) in [4.78, 5) is 26.9. The van der Waals surface area contributed by atoms with Crippen molar-refractivity contribution in [3.8, 4) is 16.9 Å². The third-order valence-corrected chi connectivity index (χ3v) is 8.44. The van der Waals surface area contributed by atoms with Crippen molar-refractivity contribution in [3.63, 3.8) is 0 Å². The molecule has 212 valence electrons. The van der Waals surface area contributed by atoms with E-state index >= 15 is 0 Å². The van der Waals surface area contributed by atoms with Gasteiger partial charge in [-0.1, -0.05) is 5.16 Å². The van der Waals surface area contributed by atoms with E-state index < -0.39 is 0 Å². The maximum absolute atomic E-state index is 11.9. The van der Waals surface area contributed by atoms with Crippen molar-refractivity contribution in [2.75, 3.05) is 25.5 Å². The van der Waals surface area contributed by atoms with Gasteiger partial charge in [0.05, 0.1) is 35.5 Å². The van der Waals surface area contributed by atoms with Gasteiger partial charge in [0.2, 0.25) is 5.91 Å². The van der Waals surface area contributed by atoms with Crippen molar-refractivity contribution in [2.24, 2.45) is 0 Å². The van der Waals surface area contributed by atoms with Crippen LogP contribution in [0.2, 0.25) is 0 Å². The summed E-state index contributed by atoms with van der Waals surface area (Å²) in [6.07, 6.45) is 4.08. The number of benzene rings is 1. The second-order valence-corrected chi connectivity index (χ2v) is 11.3. The molecule has 0 radical (unpaired) electrons. The molecule has 1 amide bonds. The van der Waals surface area contributed by atoms with Crippen LogP contribution in [0.25, 0.3) is 33.1 Å². The summed E-state index contributed by atoms with van der Waals surface area (Å²) in [6, 6.07) is 6.48. The van der Waals surface area contributed by atoms with Crippen LogP contribution in [0.15, 0.2) is 22.7 Å². The standard InChI is InChI=1S/C30H34N8O3/c1-15-27(16(2)41-36-15)22-12-24-21(13-25(22)40-5)28-29(33-24)31-17(3)32-30(28)34-26-14-23(19-6-7-19)35-38(26)20-8-10-37(11-9-20)18(4)39/h12-14,19-20H,6-11H2,1-5H3,(H2,31,32,33,34). The van der Waals surface area contributed by atoms with E-state index in [1.54, 1.807) is 14.0 Å². The van der Waals surface area contributed by atoms with E-state index in [1.807, 2.05) is 31.7 Å². The molecule has 0 spiro atoms. The van der Waals surface area contributed by atoms with Crippen LogP contribution in [-0.4, -0.2) is 60.9 Å². The lowest BCUT2D eigenvalue weighted by Crippen LogP contribution is -2.38. The monoisotopic (exact) mass is 554 g/mol. The van der Waals surface area contributed by atoms with Crippen molar-refractivity contribution in [2.45, 2.75) is 65.3 Å². The number of aryl methyl sites for hydroxylation is 3. The number of aromatic amines is 1. The molecule has 5 aromatic rings. The number of nitrogens with one attached hydrogen (secondary N) is 2. The number of fused-ring (bicyclic) bond motifs is 3. The molecule has 41 heavy (non-hydrogen) atoms. The highest BCUT2D eigenvalue weighted by Crippen LogP contribution is 2.43. The first-order valence-electron chi connectivity index (χ1n) is 14.2. The number of likely N-dealkylation sites (tertiary alicyclic amines) is 1. The molecule has 2 N–H and O–H groups in total. The van der Waals surface area contributed by atoms with Gasteiger partial charge in [0.1, 0.15) is 34.6 Å². The zero-order valence-electron chi connectivity index (χ0n) is 24.0. The van der Waals surface area contributed by atoms with Gasteiger partial charge in [0.25, 0.3) is 0 Å². The molecule has 5 heterocycles. The highest BCUT2D eigenvalue weighted by molar-refractivity contribution is 6.13. The maximum atomic E-state index is 11.9. The molecule has 0 unspecified atom stereocenters. The van der Waals surface area contributed by atoms with E-state index in [0.29, 0.717) is 11.7 Å².